The number of ether oxygens (including phenoxy) is 1. The number of aromatic nitrogens is 2. The highest BCUT2D eigenvalue weighted by molar-refractivity contribution is 8.15. The average molecular weight is 479 g/mol. The third kappa shape index (κ3) is 5.08. The Morgan fingerprint density at radius 1 is 1.06 bits per heavy atom. The maximum absolute atomic E-state index is 13.4. The van der Waals surface area contributed by atoms with E-state index in [-0.39, 0.29) is 22.4 Å². The van der Waals surface area contributed by atoms with Crippen molar-refractivity contribution >= 4 is 51.0 Å². The van der Waals surface area contributed by atoms with Crippen LogP contribution in [0.5, 0.6) is 0 Å². The number of anilines is 1. The van der Waals surface area contributed by atoms with Crippen LogP contribution >= 0.6 is 23.4 Å². The molecule has 1 heterocycles. The van der Waals surface area contributed by atoms with Gasteiger partial charge in [-0.1, -0.05) is 54.1 Å². The zero-order valence-electron chi connectivity index (χ0n) is 17.6. The molecule has 9 heteroatoms. The van der Waals surface area contributed by atoms with Crippen molar-refractivity contribution in [2.75, 3.05) is 12.0 Å². The van der Waals surface area contributed by atoms with Crippen molar-refractivity contribution < 1.29 is 9.53 Å². The first-order valence-electron chi connectivity index (χ1n) is 10.1. The molecule has 1 N–H and O–H groups in total. The molecule has 0 saturated heterocycles. The number of esters is 1. The minimum absolute atomic E-state index is 0.0244. The van der Waals surface area contributed by atoms with Crippen molar-refractivity contribution in [3.8, 4) is 5.69 Å². The van der Waals surface area contributed by atoms with Crippen LogP contribution in [0, 0.1) is 0 Å². The topological polar surface area (TPSA) is 85.6 Å². The van der Waals surface area contributed by atoms with E-state index in [2.05, 4.69) is 15.5 Å². The van der Waals surface area contributed by atoms with E-state index in [0.717, 1.165) is 11.8 Å². The largest absolute Gasteiger partial charge is 0.461 e. The van der Waals surface area contributed by atoms with Crippen molar-refractivity contribution in [2.45, 2.75) is 12.1 Å². The summed E-state index contributed by atoms with van der Waals surface area (Å²) in [6.07, 6.45) is 0. The van der Waals surface area contributed by atoms with Crippen molar-refractivity contribution in [3.05, 3.63) is 94.2 Å². The third-order valence-corrected chi connectivity index (χ3v) is 5.79. The summed E-state index contributed by atoms with van der Waals surface area (Å²) in [5.74, 6) is -0.649. The summed E-state index contributed by atoms with van der Waals surface area (Å²) < 4.78 is 6.64. The summed E-state index contributed by atoms with van der Waals surface area (Å²) in [5, 5.41) is 5.39. The van der Waals surface area contributed by atoms with Gasteiger partial charge in [0.1, 0.15) is 0 Å². The maximum atomic E-state index is 13.4. The highest BCUT2D eigenvalue weighted by Crippen LogP contribution is 2.25. The molecule has 0 fully saturated rings. The molecule has 7 nitrogen and oxygen atoms in total. The SMILES string of the molecule is CCOC(=O)C(=NNc1ccccc1Cl)Sc1nc2ccccc2c(=O)n1-c1ccccc1. The van der Waals surface area contributed by atoms with E-state index in [1.165, 1.54) is 4.57 Å². The molecule has 0 bridgehead atoms. The van der Waals surface area contributed by atoms with Crippen molar-refractivity contribution in [2.24, 2.45) is 5.10 Å². The number of benzene rings is 3. The Kier molecular flexibility index (Phi) is 7.07. The Morgan fingerprint density at radius 3 is 2.52 bits per heavy atom. The quantitative estimate of drug-likeness (QED) is 0.107. The van der Waals surface area contributed by atoms with Gasteiger partial charge in [-0.3, -0.25) is 14.8 Å². The van der Waals surface area contributed by atoms with Gasteiger partial charge in [0.25, 0.3) is 5.56 Å². The number of carbonyl (C=O) groups excluding carboxylic acids is 1. The van der Waals surface area contributed by atoms with Crippen LogP contribution < -0.4 is 11.0 Å². The fourth-order valence-corrected chi connectivity index (χ4v) is 4.05. The lowest BCUT2D eigenvalue weighted by molar-refractivity contribution is -0.134. The van der Waals surface area contributed by atoms with Gasteiger partial charge in [0.05, 0.1) is 33.9 Å². The highest BCUT2D eigenvalue weighted by Gasteiger charge is 2.21. The number of hydrogen-bond acceptors (Lipinski definition) is 7. The summed E-state index contributed by atoms with van der Waals surface area (Å²) in [6.45, 7) is 1.87. The molecule has 166 valence electrons. The molecule has 3 aromatic carbocycles. The number of nitrogens with zero attached hydrogens (tertiary/aromatic N) is 3. The van der Waals surface area contributed by atoms with Crippen LogP contribution in [0.4, 0.5) is 5.69 Å². The van der Waals surface area contributed by atoms with E-state index in [1.54, 1.807) is 67.6 Å². The first-order valence-corrected chi connectivity index (χ1v) is 11.3. The number of hydrogen-bond donors (Lipinski definition) is 1. The van der Waals surface area contributed by atoms with Gasteiger partial charge in [-0.15, -0.1) is 0 Å². The van der Waals surface area contributed by atoms with Crippen LogP contribution in [0.15, 0.2) is 93.9 Å². The minimum atomic E-state index is -0.649. The molecule has 0 aliphatic carbocycles. The molecule has 0 aliphatic heterocycles. The monoisotopic (exact) mass is 478 g/mol. The zero-order chi connectivity index (χ0) is 23.2. The van der Waals surface area contributed by atoms with Crippen LogP contribution in [-0.2, 0) is 9.53 Å². The molecule has 4 aromatic rings. The molecule has 4 rings (SSSR count). The van der Waals surface area contributed by atoms with Gasteiger partial charge < -0.3 is 4.74 Å². The number of nitrogens with one attached hydrogen (secondary N) is 1. The van der Waals surface area contributed by atoms with Crippen LogP contribution in [-0.4, -0.2) is 27.2 Å². The molecular weight excluding hydrogens is 460 g/mol. The highest BCUT2D eigenvalue weighted by atomic mass is 35.5. The summed E-state index contributed by atoms with van der Waals surface area (Å²) in [7, 11) is 0. The van der Waals surface area contributed by atoms with E-state index in [4.69, 9.17) is 16.3 Å². The lowest BCUT2D eigenvalue weighted by Gasteiger charge is -2.14. The van der Waals surface area contributed by atoms with Gasteiger partial charge in [0, 0.05) is 0 Å². The van der Waals surface area contributed by atoms with Crippen LogP contribution in [0.3, 0.4) is 0 Å². The number of rotatable bonds is 5. The molecule has 0 saturated carbocycles. The van der Waals surface area contributed by atoms with E-state index in [1.807, 2.05) is 18.2 Å². The number of halogens is 1. The second kappa shape index (κ2) is 10.3. The summed E-state index contributed by atoms with van der Waals surface area (Å²) >= 11 is 7.12. The maximum Gasteiger partial charge on any atom is 0.365 e. The standard InChI is InChI=1S/C24H19ClN4O3S/c1-2-32-23(31)21(28-27-20-15-9-7-13-18(20)25)33-24-26-19-14-8-6-12-17(19)22(30)29(24)16-10-4-3-5-11-16/h3-15,27H,2H2,1H3. The van der Waals surface area contributed by atoms with Crippen LogP contribution in [0.25, 0.3) is 16.6 Å². The van der Waals surface area contributed by atoms with Crippen molar-refractivity contribution in [1.82, 2.24) is 9.55 Å². The van der Waals surface area contributed by atoms with Gasteiger partial charge in [0.15, 0.2) is 5.16 Å². The van der Waals surface area contributed by atoms with Gasteiger partial charge >= 0.3 is 5.97 Å². The molecule has 0 aliphatic rings. The Bertz CT molecular complexity index is 1390. The third-order valence-electron chi connectivity index (χ3n) is 4.55. The van der Waals surface area contributed by atoms with Gasteiger partial charge in [-0.2, -0.15) is 5.10 Å². The number of hydrazone groups is 1. The summed E-state index contributed by atoms with van der Waals surface area (Å²) in [4.78, 5) is 30.7. The number of carbonyl (C=O) groups is 1. The smallest absolute Gasteiger partial charge is 0.365 e. The Balaban J connectivity index is 1.83. The molecule has 1 aromatic heterocycles. The minimum Gasteiger partial charge on any atom is -0.461 e. The lowest BCUT2D eigenvalue weighted by Crippen LogP contribution is -2.24. The first kappa shape index (κ1) is 22.6. The molecule has 33 heavy (non-hydrogen) atoms. The predicted octanol–water partition coefficient (Wildman–Crippen LogP) is 5.12. The van der Waals surface area contributed by atoms with Crippen molar-refractivity contribution in [1.29, 1.82) is 0 Å². The zero-order valence-corrected chi connectivity index (χ0v) is 19.1. The van der Waals surface area contributed by atoms with Crippen LogP contribution in [0.1, 0.15) is 6.92 Å². The lowest BCUT2D eigenvalue weighted by atomic mass is 10.2. The van der Waals surface area contributed by atoms with E-state index in [9.17, 15) is 9.59 Å². The molecule has 0 spiro atoms. The number of fused-ring (bicyclic) bond motifs is 1. The van der Waals surface area contributed by atoms with Crippen molar-refractivity contribution in [3.63, 3.8) is 0 Å². The number of para-hydroxylation sites is 3. The summed E-state index contributed by atoms with van der Waals surface area (Å²) in [6, 6.07) is 23.2. The predicted molar refractivity (Wildman–Crippen MR) is 132 cm³/mol. The van der Waals surface area contributed by atoms with E-state index >= 15 is 0 Å². The fourth-order valence-electron chi connectivity index (χ4n) is 3.04. The average Bonchev–Trinajstić information content (AvgIpc) is 2.83. The molecule has 0 unspecified atom stereocenters. The Hall–Kier alpha value is -3.62. The fraction of sp³-hybridized carbons (Fsp3) is 0.0833. The van der Waals surface area contributed by atoms with E-state index in [0.29, 0.717) is 27.3 Å². The molecule has 0 radical (unpaired) electrons. The van der Waals surface area contributed by atoms with Gasteiger partial charge in [0.2, 0.25) is 5.04 Å². The number of thioether (sulfide) groups is 1. The second-order valence-electron chi connectivity index (χ2n) is 6.72. The Morgan fingerprint density at radius 2 is 1.76 bits per heavy atom. The second-order valence-corrected chi connectivity index (χ2v) is 8.08. The molecule has 0 amide bonds. The molecular formula is C24H19ClN4O3S. The first-order chi connectivity index (χ1) is 16.1. The normalized spacial score (nSPS) is 11.4. The van der Waals surface area contributed by atoms with Gasteiger partial charge in [-0.25, -0.2) is 9.78 Å². The van der Waals surface area contributed by atoms with Gasteiger partial charge in [-0.05, 0) is 55.1 Å². The summed E-state index contributed by atoms with van der Waals surface area (Å²) in [5.41, 5.74) is 4.20. The molecule has 0 atom stereocenters. The Labute approximate surface area is 199 Å². The van der Waals surface area contributed by atoms with Crippen LogP contribution in [0.2, 0.25) is 5.02 Å². The van der Waals surface area contributed by atoms with E-state index < -0.39 is 5.97 Å².